The van der Waals surface area contributed by atoms with Crippen molar-refractivity contribution >= 4 is 28.8 Å². The van der Waals surface area contributed by atoms with Gasteiger partial charge in [0.1, 0.15) is 0 Å². The van der Waals surface area contributed by atoms with Gasteiger partial charge in [0, 0.05) is 19.2 Å². The number of hydrogen-bond acceptors (Lipinski definition) is 5. The largest absolute Gasteiger partial charge is 0.342 e. The summed E-state index contributed by atoms with van der Waals surface area (Å²) in [7, 11) is 0. The summed E-state index contributed by atoms with van der Waals surface area (Å²) in [5.74, 6) is -0.558. The molecule has 0 atom stereocenters. The molecule has 20 heavy (non-hydrogen) atoms. The zero-order valence-corrected chi connectivity index (χ0v) is 11.9. The zero-order valence-electron chi connectivity index (χ0n) is 11.0. The molecule has 108 valence electrons. The summed E-state index contributed by atoms with van der Waals surface area (Å²) in [6, 6.07) is 1.25. The number of nitrogens with one attached hydrogen (secondary N) is 1. The third-order valence-electron chi connectivity index (χ3n) is 3.17. The van der Waals surface area contributed by atoms with E-state index in [0.717, 1.165) is 37.3 Å². The lowest BCUT2D eigenvalue weighted by Gasteiger charge is -2.15. The van der Waals surface area contributed by atoms with Crippen LogP contribution in [0.4, 0.5) is 5.69 Å². The molecule has 1 aromatic heterocycles. The maximum Gasteiger partial charge on any atom is 0.283 e. The quantitative estimate of drug-likeness (QED) is 0.670. The number of nitro groups is 1. The highest BCUT2D eigenvalue weighted by molar-refractivity contribution is 7.14. The molecule has 0 aliphatic carbocycles. The average Bonchev–Trinajstić information content (AvgIpc) is 3.04. The molecule has 0 bridgehead atoms. The van der Waals surface area contributed by atoms with Crippen molar-refractivity contribution in [3.8, 4) is 0 Å². The first-order valence-corrected chi connectivity index (χ1v) is 7.11. The first-order valence-electron chi connectivity index (χ1n) is 6.30. The van der Waals surface area contributed by atoms with Gasteiger partial charge in [0.15, 0.2) is 0 Å². The molecule has 1 N–H and O–H groups in total. The number of carbonyl (C=O) groups excluding carboxylic acids is 2. The van der Waals surface area contributed by atoms with Crippen LogP contribution in [0, 0.1) is 17.0 Å². The van der Waals surface area contributed by atoms with E-state index in [1.165, 1.54) is 6.07 Å². The number of hydrogen-bond donors (Lipinski definition) is 1. The van der Waals surface area contributed by atoms with Crippen molar-refractivity contribution < 1.29 is 14.5 Å². The van der Waals surface area contributed by atoms with Gasteiger partial charge < -0.3 is 10.2 Å². The highest BCUT2D eigenvalue weighted by atomic mass is 32.1. The van der Waals surface area contributed by atoms with E-state index in [0.29, 0.717) is 4.88 Å². The van der Waals surface area contributed by atoms with Crippen LogP contribution in [0.5, 0.6) is 0 Å². The summed E-state index contributed by atoms with van der Waals surface area (Å²) >= 11 is 1.06. The van der Waals surface area contributed by atoms with Crippen LogP contribution >= 0.6 is 11.3 Å². The van der Waals surface area contributed by atoms with E-state index in [-0.39, 0.29) is 23.0 Å². The molecule has 2 amide bonds. The van der Waals surface area contributed by atoms with E-state index < -0.39 is 10.8 Å². The second-order valence-corrected chi connectivity index (χ2v) is 5.84. The van der Waals surface area contributed by atoms with Crippen LogP contribution in [0.1, 0.15) is 27.4 Å². The summed E-state index contributed by atoms with van der Waals surface area (Å²) in [5, 5.41) is 13.2. The Hall–Kier alpha value is -1.96. The number of aryl methyl sites for hydroxylation is 1. The molecule has 0 saturated carbocycles. The number of carbonyl (C=O) groups is 2. The van der Waals surface area contributed by atoms with Crippen LogP contribution in [0.3, 0.4) is 0 Å². The lowest BCUT2D eigenvalue weighted by Crippen LogP contribution is -2.38. The molecule has 1 fully saturated rings. The van der Waals surface area contributed by atoms with Crippen LogP contribution in [0.25, 0.3) is 0 Å². The molecule has 8 heteroatoms. The standard InChI is InChI=1S/C12H15N3O4S/c1-8-9(15(18)19)6-10(20-8)12(17)13-7-11(16)14-4-2-3-5-14/h6H,2-5,7H2,1H3,(H,13,17). The molecule has 2 heterocycles. The lowest BCUT2D eigenvalue weighted by atomic mass is 10.3. The summed E-state index contributed by atoms with van der Waals surface area (Å²) in [4.78, 5) is 36.3. The smallest absolute Gasteiger partial charge is 0.283 e. The van der Waals surface area contributed by atoms with Gasteiger partial charge in [0.05, 0.1) is 21.2 Å². The minimum atomic E-state index is -0.516. The minimum absolute atomic E-state index is 0.0639. The SMILES string of the molecule is Cc1sc(C(=O)NCC(=O)N2CCCC2)cc1[N+](=O)[O-]. The summed E-state index contributed by atoms with van der Waals surface area (Å²) in [6.07, 6.45) is 1.99. The topological polar surface area (TPSA) is 92.6 Å². The summed E-state index contributed by atoms with van der Waals surface area (Å²) in [6.45, 7) is 3.00. The van der Waals surface area contributed by atoms with Gasteiger partial charge >= 0.3 is 0 Å². The molecular formula is C12H15N3O4S. The number of thiophene rings is 1. The number of amides is 2. The third kappa shape index (κ3) is 3.13. The highest BCUT2D eigenvalue weighted by Gasteiger charge is 2.21. The van der Waals surface area contributed by atoms with Crippen molar-refractivity contribution in [1.82, 2.24) is 10.2 Å². The Morgan fingerprint density at radius 2 is 2.10 bits per heavy atom. The minimum Gasteiger partial charge on any atom is -0.342 e. The molecule has 0 unspecified atom stereocenters. The second-order valence-electron chi connectivity index (χ2n) is 4.58. The molecule has 0 aromatic carbocycles. The van der Waals surface area contributed by atoms with Crippen LogP contribution in [-0.2, 0) is 4.79 Å². The van der Waals surface area contributed by atoms with E-state index >= 15 is 0 Å². The Morgan fingerprint density at radius 1 is 1.45 bits per heavy atom. The monoisotopic (exact) mass is 297 g/mol. The van der Waals surface area contributed by atoms with E-state index in [4.69, 9.17) is 0 Å². The number of rotatable bonds is 4. The fraction of sp³-hybridized carbons (Fsp3) is 0.500. The van der Waals surface area contributed by atoms with Crippen LogP contribution in [0.15, 0.2) is 6.07 Å². The third-order valence-corrected chi connectivity index (χ3v) is 4.21. The van der Waals surface area contributed by atoms with E-state index in [1.54, 1.807) is 11.8 Å². The maximum absolute atomic E-state index is 11.9. The second kappa shape index (κ2) is 6.00. The maximum atomic E-state index is 11.9. The predicted molar refractivity (Wildman–Crippen MR) is 73.9 cm³/mol. The Balaban J connectivity index is 1.93. The molecule has 0 radical (unpaired) electrons. The van der Waals surface area contributed by atoms with Crippen molar-refractivity contribution in [2.24, 2.45) is 0 Å². The molecule has 7 nitrogen and oxygen atoms in total. The van der Waals surface area contributed by atoms with Crippen molar-refractivity contribution in [2.75, 3.05) is 19.6 Å². The van der Waals surface area contributed by atoms with E-state index in [9.17, 15) is 19.7 Å². The molecule has 1 aromatic rings. The molecule has 1 aliphatic heterocycles. The van der Waals surface area contributed by atoms with Crippen molar-refractivity contribution in [3.05, 3.63) is 25.9 Å². The lowest BCUT2D eigenvalue weighted by molar-refractivity contribution is -0.385. The van der Waals surface area contributed by atoms with Crippen LogP contribution in [0.2, 0.25) is 0 Å². The van der Waals surface area contributed by atoms with Gasteiger partial charge in [0.2, 0.25) is 5.91 Å². The average molecular weight is 297 g/mol. The summed E-state index contributed by atoms with van der Waals surface area (Å²) in [5.41, 5.74) is -0.0639. The predicted octanol–water partition coefficient (Wildman–Crippen LogP) is 1.32. The summed E-state index contributed by atoms with van der Waals surface area (Å²) < 4.78 is 0. The Kier molecular flexibility index (Phi) is 4.33. The van der Waals surface area contributed by atoms with Gasteiger partial charge in [-0.1, -0.05) is 0 Å². The van der Waals surface area contributed by atoms with Crippen molar-refractivity contribution in [3.63, 3.8) is 0 Å². The first kappa shape index (κ1) is 14.4. The van der Waals surface area contributed by atoms with Crippen molar-refractivity contribution in [1.29, 1.82) is 0 Å². The van der Waals surface area contributed by atoms with Gasteiger partial charge in [-0.15, -0.1) is 11.3 Å². The van der Waals surface area contributed by atoms with Gasteiger partial charge in [-0.3, -0.25) is 19.7 Å². The van der Waals surface area contributed by atoms with Crippen LogP contribution in [-0.4, -0.2) is 41.3 Å². The van der Waals surface area contributed by atoms with Gasteiger partial charge in [-0.05, 0) is 19.8 Å². The molecular weight excluding hydrogens is 282 g/mol. The normalized spacial score (nSPS) is 14.3. The number of likely N-dealkylation sites (tertiary alicyclic amines) is 1. The fourth-order valence-corrected chi connectivity index (χ4v) is 2.99. The number of nitrogens with zero attached hydrogens (tertiary/aromatic N) is 2. The molecule has 1 aliphatic rings. The zero-order chi connectivity index (χ0) is 14.7. The van der Waals surface area contributed by atoms with Gasteiger partial charge in [0.25, 0.3) is 11.6 Å². The molecule has 2 rings (SSSR count). The molecule has 1 saturated heterocycles. The Morgan fingerprint density at radius 3 is 2.65 bits per heavy atom. The van der Waals surface area contributed by atoms with E-state index in [1.807, 2.05) is 0 Å². The first-order chi connectivity index (χ1) is 9.49. The van der Waals surface area contributed by atoms with Crippen molar-refractivity contribution in [2.45, 2.75) is 19.8 Å². The molecule has 0 spiro atoms. The van der Waals surface area contributed by atoms with E-state index in [2.05, 4.69) is 5.32 Å². The van der Waals surface area contributed by atoms with Gasteiger partial charge in [-0.25, -0.2) is 0 Å². The Labute approximate surface area is 119 Å². The Bertz CT molecular complexity index is 549. The van der Waals surface area contributed by atoms with Gasteiger partial charge in [-0.2, -0.15) is 0 Å². The highest BCUT2D eigenvalue weighted by Crippen LogP contribution is 2.27. The fourth-order valence-electron chi connectivity index (χ4n) is 2.09. The van der Waals surface area contributed by atoms with Crippen LogP contribution < -0.4 is 5.32 Å².